The van der Waals surface area contributed by atoms with E-state index in [-0.39, 0.29) is 5.41 Å². The average Bonchev–Trinajstić information content (AvgIpc) is 3.27. The Kier molecular flexibility index (Phi) is 3.69. The van der Waals surface area contributed by atoms with E-state index in [0.29, 0.717) is 0 Å². The van der Waals surface area contributed by atoms with Crippen LogP contribution in [0.5, 0.6) is 0 Å². The zero-order valence-electron chi connectivity index (χ0n) is 14.4. The van der Waals surface area contributed by atoms with E-state index < -0.39 is 0 Å². The molecule has 1 N–H and O–H groups in total. The maximum atomic E-state index is 6.41. The van der Waals surface area contributed by atoms with Crippen LogP contribution < -0.4 is 0 Å². The van der Waals surface area contributed by atoms with Crippen LogP contribution in [0.3, 0.4) is 0 Å². The molecule has 5 rings (SSSR count). The van der Waals surface area contributed by atoms with Crippen LogP contribution in [0.4, 0.5) is 0 Å². The van der Waals surface area contributed by atoms with Crippen LogP contribution in [0, 0.1) is 5.92 Å². The maximum absolute atomic E-state index is 6.41. The van der Waals surface area contributed by atoms with Gasteiger partial charge in [0.1, 0.15) is 0 Å². The molecule has 1 atom stereocenters. The van der Waals surface area contributed by atoms with Crippen LogP contribution in [0.15, 0.2) is 42.6 Å². The number of thioether (sulfide) groups is 1. The van der Waals surface area contributed by atoms with Gasteiger partial charge in [0.05, 0.1) is 0 Å². The molecule has 0 bridgehead atoms. The van der Waals surface area contributed by atoms with Gasteiger partial charge in [-0.1, -0.05) is 35.9 Å². The van der Waals surface area contributed by atoms with Crippen LogP contribution in [-0.4, -0.2) is 11.2 Å². The quantitative estimate of drug-likeness (QED) is 0.569. The first-order chi connectivity index (χ1) is 12.2. The van der Waals surface area contributed by atoms with E-state index in [4.69, 9.17) is 11.6 Å². The smallest absolute Gasteiger partial charge is 0.0498 e. The molecular weight excluding hydrogens is 346 g/mol. The summed E-state index contributed by atoms with van der Waals surface area (Å²) in [6.07, 6.45) is 9.52. The number of aryl methyl sites for hydroxylation is 1. The topological polar surface area (TPSA) is 15.8 Å². The molecule has 1 heterocycles. The number of nitrogens with one attached hydrogen (secondary N) is 1. The highest BCUT2D eigenvalue weighted by Crippen LogP contribution is 2.59. The second-order valence-electron chi connectivity index (χ2n) is 7.52. The minimum Gasteiger partial charge on any atom is -0.361 e. The standard InChI is InChI=1S/C22H22ClNS/c1-25-13-15-3-2-4-18-20(12-24-21(15)18)22(16-6-7-16)10-9-14-5-8-17(23)11-19(14)22/h2-5,8,11-12,16,24H,6-7,9-10,13H2,1H3. The van der Waals surface area contributed by atoms with Crippen LogP contribution in [0.2, 0.25) is 5.02 Å². The lowest BCUT2D eigenvalue weighted by molar-refractivity contribution is 0.449. The van der Waals surface area contributed by atoms with Crippen LogP contribution in [0.25, 0.3) is 10.9 Å². The van der Waals surface area contributed by atoms with Gasteiger partial charge in [0.2, 0.25) is 0 Å². The Labute approximate surface area is 158 Å². The summed E-state index contributed by atoms with van der Waals surface area (Å²) in [6, 6.07) is 13.3. The van der Waals surface area contributed by atoms with Crippen molar-refractivity contribution in [3.63, 3.8) is 0 Å². The first-order valence-corrected chi connectivity index (χ1v) is 10.9. The van der Waals surface area contributed by atoms with Crippen molar-refractivity contribution in [3.05, 3.63) is 69.9 Å². The third-order valence-corrected chi connectivity index (χ3v) is 7.03. The number of benzene rings is 2. The van der Waals surface area contributed by atoms with Gasteiger partial charge in [0.15, 0.2) is 0 Å². The van der Waals surface area contributed by atoms with E-state index in [1.807, 2.05) is 11.8 Å². The second kappa shape index (κ2) is 5.82. The highest BCUT2D eigenvalue weighted by Gasteiger charge is 2.51. The molecule has 1 nitrogen and oxygen atoms in total. The molecule has 1 fully saturated rings. The van der Waals surface area contributed by atoms with Gasteiger partial charge in [-0.2, -0.15) is 11.8 Å². The number of hydrogen-bond acceptors (Lipinski definition) is 1. The van der Waals surface area contributed by atoms with Crippen molar-refractivity contribution in [2.75, 3.05) is 6.26 Å². The summed E-state index contributed by atoms with van der Waals surface area (Å²) < 4.78 is 0. The summed E-state index contributed by atoms with van der Waals surface area (Å²) in [5, 5.41) is 2.28. The van der Waals surface area contributed by atoms with E-state index in [0.717, 1.165) is 16.7 Å². The van der Waals surface area contributed by atoms with E-state index in [2.05, 4.69) is 53.8 Å². The van der Waals surface area contributed by atoms with Gasteiger partial charge in [-0.25, -0.2) is 0 Å². The monoisotopic (exact) mass is 367 g/mol. The molecule has 3 heteroatoms. The Hall–Kier alpha value is -1.38. The van der Waals surface area contributed by atoms with Crippen molar-refractivity contribution in [3.8, 4) is 0 Å². The highest BCUT2D eigenvalue weighted by atomic mass is 35.5. The minimum atomic E-state index is 0.149. The molecular formula is C22H22ClNS. The Morgan fingerprint density at radius 1 is 1.20 bits per heavy atom. The second-order valence-corrected chi connectivity index (χ2v) is 8.82. The predicted molar refractivity (Wildman–Crippen MR) is 109 cm³/mol. The van der Waals surface area contributed by atoms with Crippen molar-refractivity contribution >= 4 is 34.3 Å². The minimum absolute atomic E-state index is 0.149. The molecule has 25 heavy (non-hydrogen) atoms. The summed E-state index contributed by atoms with van der Waals surface area (Å²) in [4.78, 5) is 3.63. The molecule has 2 aliphatic carbocycles. The van der Waals surface area contributed by atoms with Crippen molar-refractivity contribution < 1.29 is 0 Å². The molecule has 1 saturated carbocycles. The number of rotatable bonds is 4. The van der Waals surface area contributed by atoms with Gasteiger partial charge < -0.3 is 4.98 Å². The van der Waals surface area contributed by atoms with Gasteiger partial charge in [-0.3, -0.25) is 0 Å². The Bertz CT molecular complexity index is 956. The van der Waals surface area contributed by atoms with Crippen molar-refractivity contribution in [1.82, 2.24) is 4.98 Å². The van der Waals surface area contributed by atoms with Crippen LogP contribution in [0.1, 0.15) is 41.5 Å². The number of para-hydroxylation sites is 1. The fourth-order valence-electron chi connectivity index (χ4n) is 5.01. The molecule has 2 aromatic carbocycles. The van der Waals surface area contributed by atoms with Crippen LogP contribution in [-0.2, 0) is 17.6 Å². The van der Waals surface area contributed by atoms with Crippen LogP contribution >= 0.6 is 23.4 Å². The average molecular weight is 368 g/mol. The molecule has 0 saturated heterocycles. The van der Waals surface area contributed by atoms with Gasteiger partial charge >= 0.3 is 0 Å². The Morgan fingerprint density at radius 3 is 2.88 bits per heavy atom. The van der Waals surface area contributed by atoms with E-state index in [1.54, 1.807) is 0 Å². The molecule has 1 aromatic heterocycles. The Balaban J connectivity index is 1.75. The lowest BCUT2D eigenvalue weighted by atomic mass is 9.71. The van der Waals surface area contributed by atoms with Gasteiger partial charge in [0, 0.05) is 33.3 Å². The summed E-state index contributed by atoms with van der Waals surface area (Å²) >= 11 is 8.29. The maximum Gasteiger partial charge on any atom is 0.0498 e. The predicted octanol–water partition coefficient (Wildman–Crippen LogP) is 6.33. The van der Waals surface area contributed by atoms with Crippen molar-refractivity contribution in [2.24, 2.45) is 5.92 Å². The number of H-pyrrole nitrogens is 1. The zero-order chi connectivity index (χ0) is 17.0. The molecule has 3 aromatic rings. The van der Waals surface area contributed by atoms with Gasteiger partial charge in [-0.15, -0.1) is 0 Å². The Morgan fingerprint density at radius 2 is 2.08 bits per heavy atom. The molecule has 1 unspecified atom stereocenters. The zero-order valence-corrected chi connectivity index (χ0v) is 16.0. The van der Waals surface area contributed by atoms with Crippen molar-refractivity contribution in [2.45, 2.75) is 36.9 Å². The summed E-state index contributed by atoms with van der Waals surface area (Å²) in [5.74, 6) is 1.81. The molecule has 0 spiro atoms. The van der Waals surface area contributed by atoms with Gasteiger partial charge in [-0.05, 0) is 72.2 Å². The first kappa shape index (κ1) is 15.8. The summed E-state index contributed by atoms with van der Waals surface area (Å²) in [5.41, 5.74) is 7.35. The number of aromatic nitrogens is 1. The van der Waals surface area contributed by atoms with E-state index in [1.165, 1.54) is 58.8 Å². The molecule has 0 aliphatic heterocycles. The number of hydrogen-bond donors (Lipinski definition) is 1. The van der Waals surface area contributed by atoms with E-state index >= 15 is 0 Å². The lowest BCUT2D eigenvalue weighted by Crippen LogP contribution is -2.27. The molecule has 0 amide bonds. The fourth-order valence-corrected chi connectivity index (χ4v) is 5.73. The third kappa shape index (κ3) is 2.30. The van der Waals surface area contributed by atoms with Gasteiger partial charge in [0.25, 0.3) is 0 Å². The molecule has 128 valence electrons. The lowest BCUT2D eigenvalue weighted by Gasteiger charge is -2.31. The fraction of sp³-hybridized carbons (Fsp3) is 0.364. The third-order valence-electron chi connectivity index (χ3n) is 6.20. The first-order valence-electron chi connectivity index (χ1n) is 9.11. The largest absolute Gasteiger partial charge is 0.361 e. The SMILES string of the molecule is CSCc1cccc2c(C3(C4CC4)CCc4ccc(Cl)cc43)c[nH]c12. The number of fused-ring (bicyclic) bond motifs is 2. The molecule has 0 radical (unpaired) electrons. The molecule has 2 aliphatic rings. The summed E-state index contributed by atoms with van der Waals surface area (Å²) in [6.45, 7) is 0. The van der Waals surface area contributed by atoms with Crippen molar-refractivity contribution in [1.29, 1.82) is 0 Å². The summed E-state index contributed by atoms with van der Waals surface area (Å²) in [7, 11) is 0. The number of halogens is 1. The normalized spacial score (nSPS) is 22.5. The highest BCUT2D eigenvalue weighted by molar-refractivity contribution is 7.97. The van der Waals surface area contributed by atoms with E-state index in [9.17, 15) is 0 Å². The number of aromatic amines is 1.